The highest BCUT2D eigenvalue weighted by Crippen LogP contribution is 2.49. The largest absolute Gasteiger partial charge is 0.356 e. The number of carbonyl (C=O) groups is 1. The molecule has 0 radical (unpaired) electrons. The molecule has 1 amide bonds. The van der Waals surface area contributed by atoms with Gasteiger partial charge in [0.1, 0.15) is 0 Å². The normalized spacial score (nSPS) is 20.2. The van der Waals surface area contributed by atoms with Crippen molar-refractivity contribution >= 4 is 17.5 Å². The minimum absolute atomic E-state index is 0.201. The van der Waals surface area contributed by atoms with Crippen molar-refractivity contribution in [2.45, 2.75) is 18.3 Å². The van der Waals surface area contributed by atoms with Crippen LogP contribution in [0, 0.1) is 0 Å². The Morgan fingerprint density at radius 1 is 1.17 bits per heavy atom. The Hall–Kier alpha value is -1.85. The molecule has 0 spiro atoms. The molecule has 6 heteroatoms. The highest BCUT2D eigenvalue weighted by Gasteiger charge is 2.55. The van der Waals surface area contributed by atoms with Crippen LogP contribution < -0.4 is 0 Å². The zero-order valence-electron chi connectivity index (χ0n) is 13.7. The number of rotatable bonds is 3. The standard InChI is InChI=1S/C18H20ClN3O2/c1-21-8-10-22(11-9-21)17(23)18(6-7-18)16-12-15(24-20-16)13-2-4-14(19)5-3-13/h2-5,12H,6-11H2,1H3. The zero-order chi connectivity index (χ0) is 16.7. The maximum Gasteiger partial charge on any atom is 0.235 e. The summed E-state index contributed by atoms with van der Waals surface area (Å²) in [6.45, 7) is 3.44. The molecule has 1 aromatic heterocycles. The molecule has 0 bridgehead atoms. The monoisotopic (exact) mass is 345 g/mol. The van der Waals surface area contributed by atoms with E-state index in [9.17, 15) is 4.79 Å². The maximum atomic E-state index is 13.0. The van der Waals surface area contributed by atoms with Crippen LogP contribution in [0.2, 0.25) is 5.02 Å². The highest BCUT2D eigenvalue weighted by molar-refractivity contribution is 6.30. The van der Waals surface area contributed by atoms with E-state index in [0.717, 1.165) is 50.3 Å². The number of carbonyl (C=O) groups excluding carboxylic acids is 1. The van der Waals surface area contributed by atoms with Crippen LogP contribution in [-0.4, -0.2) is 54.1 Å². The van der Waals surface area contributed by atoms with Crippen molar-refractivity contribution in [3.05, 3.63) is 41.0 Å². The Kier molecular flexibility index (Phi) is 3.85. The summed E-state index contributed by atoms with van der Waals surface area (Å²) in [6, 6.07) is 9.34. The summed E-state index contributed by atoms with van der Waals surface area (Å²) in [7, 11) is 2.09. The van der Waals surface area contributed by atoms with Crippen LogP contribution in [0.5, 0.6) is 0 Å². The van der Waals surface area contributed by atoms with Crippen LogP contribution in [0.25, 0.3) is 11.3 Å². The number of nitrogens with zero attached hydrogens (tertiary/aromatic N) is 3. The smallest absolute Gasteiger partial charge is 0.235 e. The van der Waals surface area contributed by atoms with Gasteiger partial charge in [0.25, 0.3) is 0 Å². The molecule has 24 heavy (non-hydrogen) atoms. The van der Waals surface area contributed by atoms with Crippen LogP contribution in [0.4, 0.5) is 0 Å². The predicted octanol–water partition coefficient (Wildman–Crippen LogP) is 2.80. The van der Waals surface area contributed by atoms with E-state index < -0.39 is 5.41 Å². The topological polar surface area (TPSA) is 49.6 Å². The zero-order valence-corrected chi connectivity index (χ0v) is 14.4. The quantitative estimate of drug-likeness (QED) is 0.858. The SMILES string of the molecule is CN1CCN(C(=O)C2(c3cc(-c4ccc(Cl)cc4)on3)CC2)CC1. The van der Waals surface area contributed by atoms with Gasteiger partial charge < -0.3 is 14.3 Å². The first-order valence-electron chi connectivity index (χ1n) is 8.29. The first-order chi connectivity index (χ1) is 11.6. The van der Waals surface area contributed by atoms with Gasteiger partial charge >= 0.3 is 0 Å². The summed E-state index contributed by atoms with van der Waals surface area (Å²) in [5.74, 6) is 0.880. The van der Waals surface area contributed by atoms with Crippen molar-refractivity contribution in [1.82, 2.24) is 15.0 Å². The molecule has 2 fully saturated rings. The third-order valence-corrected chi connectivity index (χ3v) is 5.33. The first-order valence-corrected chi connectivity index (χ1v) is 8.67. The van der Waals surface area contributed by atoms with Crippen LogP contribution in [0.1, 0.15) is 18.5 Å². The number of aromatic nitrogens is 1. The summed E-state index contributed by atoms with van der Waals surface area (Å²) in [5.41, 5.74) is 1.21. The number of piperazine rings is 1. The van der Waals surface area contributed by atoms with E-state index in [1.165, 1.54) is 0 Å². The Labute approximate surface area is 146 Å². The van der Waals surface area contributed by atoms with Crippen molar-refractivity contribution < 1.29 is 9.32 Å². The molecule has 1 aliphatic carbocycles. The van der Waals surface area contributed by atoms with E-state index in [-0.39, 0.29) is 5.91 Å². The van der Waals surface area contributed by atoms with Crippen LogP contribution in [0.15, 0.2) is 34.9 Å². The van der Waals surface area contributed by atoms with E-state index in [2.05, 4.69) is 17.1 Å². The van der Waals surface area contributed by atoms with Crippen LogP contribution in [0.3, 0.4) is 0 Å². The Morgan fingerprint density at radius 2 is 1.83 bits per heavy atom. The summed E-state index contributed by atoms with van der Waals surface area (Å²) in [5, 5.41) is 4.90. The molecule has 1 saturated carbocycles. The molecule has 0 atom stereocenters. The predicted molar refractivity (Wildman–Crippen MR) is 91.9 cm³/mol. The first kappa shape index (κ1) is 15.7. The third-order valence-electron chi connectivity index (χ3n) is 5.08. The molecule has 2 aromatic rings. The van der Waals surface area contributed by atoms with Gasteiger partial charge in [-0.25, -0.2) is 0 Å². The third kappa shape index (κ3) is 2.72. The molecule has 0 unspecified atom stereocenters. The van der Waals surface area contributed by atoms with Crippen LogP contribution in [-0.2, 0) is 10.2 Å². The second-order valence-corrected chi connectivity index (χ2v) is 7.20. The second-order valence-electron chi connectivity index (χ2n) is 6.76. The van der Waals surface area contributed by atoms with Crippen molar-refractivity contribution in [2.24, 2.45) is 0 Å². The van der Waals surface area contributed by atoms with E-state index in [0.29, 0.717) is 10.8 Å². The number of halogens is 1. The van der Waals surface area contributed by atoms with Gasteiger partial charge in [0.15, 0.2) is 5.76 Å². The van der Waals surface area contributed by atoms with E-state index in [4.69, 9.17) is 16.1 Å². The fourth-order valence-electron chi connectivity index (χ4n) is 3.27. The van der Waals surface area contributed by atoms with Gasteiger partial charge in [-0.3, -0.25) is 4.79 Å². The number of benzene rings is 1. The van der Waals surface area contributed by atoms with Crippen molar-refractivity contribution in [3.8, 4) is 11.3 Å². The number of hydrogen-bond acceptors (Lipinski definition) is 4. The van der Waals surface area contributed by atoms with E-state index in [1.54, 1.807) is 0 Å². The average Bonchev–Trinajstić information content (AvgIpc) is 3.26. The Morgan fingerprint density at radius 3 is 2.46 bits per heavy atom. The molecule has 4 rings (SSSR count). The van der Waals surface area contributed by atoms with E-state index in [1.807, 2.05) is 35.2 Å². The molecule has 1 aromatic carbocycles. The van der Waals surface area contributed by atoms with Gasteiger partial charge in [-0.1, -0.05) is 16.8 Å². The van der Waals surface area contributed by atoms with Crippen molar-refractivity contribution in [2.75, 3.05) is 33.2 Å². The minimum atomic E-state index is -0.468. The molecular weight excluding hydrogens is 326 g/mol. The lowest BCUT2D eigenvalue weighted by Crippen LogP contribution is -2.50. The van der Waals surface area contributed by atoms with Gasteiger partial charge in [-0.05, 0) is 44.2 Å². The summed E-state index contributed by atoms with van der Waals surface area (Å²) in [6.07, 6.45) is 1.70. The summed E-state index contributed by atoms with van der Waals surface area (Å²) >= 11 is 5.92. The lowest BCUT2D eigenvalue weighted by molar-refractivity contribution is -0.135. The molecule has 2 heterocycles. The van der Waals surface area contributed by atoms with Crippen molar-refractivity contribution in [1.29, 1.82) is 0 Å². The van der Waals surface area contributed by atoms with Crippen LogP contribution >= 0.6 is 11.6 Å². The molecule has 1 saturated heterocycles. The molecule has 2 aliphatic rings. The van der Waals surface area contributed by atoms with Gasteiger partial charge in [0.05, 0.1) is 11.1 Å². The van der Waals surface area contributed by atoms with Gasteiger partial charge in [0.2, 0.25) is 5.91 Å². The Balaban J connectivity index is 1.55. The lowest BCUT2D eigenvalue weighted by Gasteiger charge is -2.34. The maximum absolute atomic E-state index is 13.0. The van der Waals surface area contributed by atoms with Crippen molar-refractivity contribution in [3.63, 3.8) is 0 Å². The number of likely N-dealkylation sites (N-methyl/N-ethyl adjacent to an activating group) is 1. The van der Waals surface area contributed by atoms with Gasteiger partial charge in [-0.15, -0.1) is 0 Å². The molecule has 5 nitrogen and oxygen atoms in total. The summed E-state index contributed by atoms with van der Waals surface area (Å²) in [4.78, 5) is 17.2. The molecular formula is C18H20ClN3O2. The molecule has 0 N–H and O–H groups in total. The number of amides is 1. The second kappa shape index (κ2) is 5.90. The molecule has 126 valence electrons. The average molecular weight is 346 g/mol. The van der Waals surface area contributed by atoms with Gasteiger partial charge in [0, 0.05) is 42.8 Å². The van der Waals surface area contributed by atoms with Gasteiger partial charge in [-0.2, -0.15) is 0 Å². The fraction of sp³-hybridized carbons (Fsp3) is 0.444. The lowest BCUT2D eigenvalue weighted by atomic mass is 9.99. The fourth-order valence-corrected chi connectivity index (χ4v) is 3.39. The minimum Gasteiger partial charge on any atom is -0.356 e. The summed E-state index contributed by atoms with van der Waals surface area (Å²) < 4.78 is 5.50. The van der Waals surface area contributed by atoms with E-state index >= 15 is 0 Å². The number of hydrogen-bond donors (Lipinski definition) is 0. The molecule has 1 aliphatic heterocycles. The highest BCUT2D eigenvalue weighted by atomic mass is 35.5. The Bertz CT molecular complexity index is 744.